The topological polar surface area (TPSA) is 131 Å². The lowest BCUT2D eigenvalue weighted by Crippen LogP contribution is -2.40. The largest absolute Gasteiger partial charge is 0.508 e. The minimum absolute atomic E-state index is 0.0447. The predicted molar refractivity (Wildman–Crippen MR) is 159 cm³/mol. The molecule has 0 saturated heterocycles. The molecule has 2 heterocycles. The Morgan fingerprint density at radius 3 is 2.46 bits per heavy atom. The molecule has 0 spiro atoms. The lowest BCUT2D eigenvalue weighted by Gasteiger charge is -2.22. The van der Waals surface area contributed by atoms with Crippen LogP contribution in [0.4, 0.5) is 5.69 Å². The molecule has 10 heteroatoms. The summed E-state index contributed by atoms with van der Waals surface area (Å²) in [7, 11) is -2.29. The molecule has 212 valence electrons. The van der Waals surface area contributed by atoms with Crippen LogP contribution in [-0.4, -0.2) is 53.9 Å². The lowest BCUT2D eigenvalue weighted by molar-refractivity contribution is 0.0892. The molecular weight excluding hydrogens is 540 g/mol. The van der Waals surface area contributed by atoms with Crippen LogP contribution in [0.5, 0.6) is 5.75 Å². The zero-order valence-electron chi connectivity index (χ0n) is 23.3. The van der Waals surface area contributed by atoms with Crippen molar-refractivity contribution in [2.24, 2.45) is 0 Å². The molecule has 4 rings (SSSR count). The van der Waals surface area contributed by atoms with Crippen molar-refractivity contribution in [3.05, 3.63) is 95.4 Å². The summed E-state index contributed by atoms with van der Waals surface area (Å²) in [4.78, 5) is 22.1. The molecule has 0 saturated carbocycles. The monoisotopic (exact) mass is 572 g/mol. The van der Waals surface area contributed by atoms with E-state index in [0.717, 1.165) is 5.56 Å². The number of nitrogens with one attached hydrogen (secondary N) is 2. The maximum absolute atomic E-state index is 13.4. The highest BCUT2D eigenvalue weighted by Gasteiger charge is 2.30. The van der Waals surface area contributed by atoms with Gasteiger partial charge in [0, 0.05) is 24.3 Å². The number of sulfonamides is 1. The molecule has 0 aliphatic rings. The fourth-order valence-corrected chi connectivity index (χ4v) is 4.67. The number of phenols is 1. The lowest BCUT2D eigenvalue weighted by atomic mass is 10.1. The zero-order chi connectivity index (χ0) is 29.6. The maximum atomic E-state index is 13.4. The Hall–Kier alpha value is -4.46. The second-order valence-electron chi connectivity index (χ2n) is 10.5. The first kappa shape index (κ1) is 29.5. The summed E-state index contributed by atoms with van der Waals surface area (Å²) < 4.78 is 33.1. The van der Waals surface area contributed by atoms with Crippen molar-refractivity contribution in [2.45, 2.75) is 38.0 Å². The van der Waals surface area contributed by atoms with E-state index in [1.54, 1.807) is 81.6 Å². The molecule has 1 amide bonds. The highest BCUT2D eigenvalue weighted by molar-refractivity contribution is 7.94. The summed E-state index contributed by atoms with van der Waals surface area (Å²) >= 11 is 0. The van der Waals surface area contributed by atoms with Gasteiger partial charge in [-0.15, -0.1) is 0 Å². The van der Waals surface area contributed by atoms with Gasteiger partial charge in [-0.1, -0.05) is 24.1 Å². The van der Waals surface area contributed by atoms with Crippen molar-refractivity contribution in [1.29, 1.82) is 0 Å². The standard InChI is InChI=1S/C31H32N4O5S/c1-31(2,3)41(38,39)35-28-19-29(30(37)33-24(20-40-4)17-21-9-13-25(36)14-10-21)34-27-15-11-22(18-26(27)28)8-12-23-7-5-6-16-32-23/h5-7,9-11,13-16,18-19,24,36H,17,20H2,1-4H3,(H,33,37)(H,34,35)/t24-/m1/s1. The zero-order valence-corrected chi connectivity index (χ0v) is 24.1. The Labute approximate surface area is 240 Å². The summed E-state index contributed by atoms with van der Waals surface area (Å²) in [6.45, 7) is 5.01. The molecule has 2 aromatic heterocycles. The minimum Gasteiger partial charge on any atom is -0.508 e. The van der Waals surface area contributed by atoms with Crippen molar-refractivity contribution in [1.82, 2.24) is 15.3 Å². The van der Waals surface area contributed by atoms with Crippen molar-refractivity contribution < 1.29 is 23.1 Å². The normalized spacial score (nSPS) is 12.3. The number of ether oxygens (including phenoxy) is 1. The van der Waals surface area contributed by atoms with E-state index in [-0.39, 0.29) is 23.7 Å². The van der Waals surface area contributed by atoms with E-state index >= 15 is 0 Å². The van der Waals surface area contributed by atoms with Crippen LogP contribution < -0.4 is 10.0 Å². The predicted octanol–water partition coefficient (Wildman–Crippen LogP) is 4.26. The third kappa shape index (κ3) is 7.60. The van der Waals surface area contributed by atoms with Gasteiger partial charge in [0.1, 0.15) is 17.1 Å². The molecule has 2 aromatic carbocycles. The number of carbonyl (C=O) groups is 1. The quantitative estimate of drug-likeness (QED) is 0.269. The third-order valence-electron chi connectivity index (χ3n) is 6.21. The molecule has 0 fully saturated rings. The number of carbonyl (C=O) groups excluding carboxylic acids is 1. The van der Waals surface area contributed by atoms with Crippen LogP contribution in [-0.2, 0) is 21.2 Å². The first-order valence-corrected chi connectivity index (χ1v) is 14.4. The number of hydrogen-bond donors (Lipinski definition) is 3. The highest BCUT2D eigenvalue weighted by atomic mass is 32.2. The fourth-order valence-electron chi connectivity index (χ4n) is 3.90. The van der Waals surface area contributed by atoms with Gasteiger partial charge in [0.2, 0.25) is 10.0 Å². The second kappa shape index (κ2) is 12.4. The van der Waals surface area contributed by atoms with Gasteiger partial charge in [0.05, 0.1) is 28.6 Å². The van der Waals surface area contributed by atoms with E-state index in [2.05, 4.69) is 31.8 Å². The number of amides is 1. The summed E-state index contributed by atoms with van der Waals surface area (Å²) in [5, 5.41) is 13.0. The summed E-state index contributed by atoms with van der Waals surface area (Å²) in [5.41, 5.74) is 2.82. The Bertz CT molecular complexity index is 1710. The van der Waals surface area contributed by atoms with Crippen LogP contribution in [0.1, 0.15) is 48.1 Å². The van der Waals surface area contributed by atoms with Crippen LogP contribution in [0.25, 0.3) is 10.9 Å². The van der Waals surface area contributed by atoms with Gasteiger partial charge in [-0.2, -0.15) is 0 Å². The third-order valence-corrected chi connectivity index (χ3v) is 8.31. The minimum atomic E-state index is -3.82. The van der Waals surface area contributed by atoms with Crippen molar-refractivity contribution in [2.75, 3.05) is 18.4 Å². The second-order valence-corrected chi connectivity index (χ2v) is 12.9. The summed E-state index contributed by atoms with van der Waals surface area (Å²) in [5.74, 6) is 5.71. The number of benzene rings is 2. The van der Waals surface area contributed by atoms with E-state index in [9.17, 15) is 18.3 Å². The Morgan fingerprint density at radius 2 is 1.80 bits per heavy atom. The molecule has 3 N–H and O–H groups in total. The van der Waals surface area contributed by atoms with Crippen molar-refractivity contribution in [3.63, 3.8) is 0 Å². The number of methoxy groups -OCH3 is 1. The first-order valence-electron chi connectivity index (χ1n) is 12.9. The molecule has 0 bridgehead atoms. The van der Waals surface area contributed by atoms with E-state index < -0.39 is 26.7 Å². The van der Waals surface area contributed by atoms with Gasteiger partial charge >= 0.3 is 0 Å². The Morgan fingerprint density at radius 1 is 1.05 bits per heavy atom. The van der Waals surface area contributed by atoms with Gasteiger partial charge in [-0.25, -0.2) is 18.4 Å². The number of phenolic OH excluding ortho intramolecular Hbond substituents is 1. The van der Waals surface area contributed by atoms with Crippen LogP contribution in [0, 0.1) is 11.8 Å². The molecule has 41 heavy (non-hydrogen) atoms. The Balaban J connectivity index is 1.71. The molecule has 0 aliphatic heterocycles. The average molecular weight is 573 g/mol. The molecule has 4 aromatic rings. The van der Waals surface area contributed by atoms with E-state index in [4.69, 9.17) is 4.74 Å². The van der Waals surface area contributed by atoms with E-state index in [1.807, 2.05) is 6.07 Å². The van der Waals surface area contributed by atoms with Crippen LogP contribution >= 0.6 is 0 Å². The van der Waals surface area contributed by atoms with Crippen LogP contribution in [0.3, 0.4) is 0 Å². The summed E-state index contributed by atoms with van der Waals surface area (Å²) in [6.07, 6.45) is 2.11. The number of fused-ring (bicyclic) bond motifs is 1. The molecule has 0 aliphatic carbocycles. The van der Waals surface area contributed by atoms with Gasteiger partial charge in [-0.05, 0) is 87.2 Å². The number of aromatic nitrogens is 2. The molecule has 0 radical (unpaired) electrons. The highest BCUT2D eigenvalue weighted by Crippen LogP contribution is 2.28. The molecule has 1 atom stereocenters. The van der Waals surface area contributed by atoms with Gasteiger partial charge in [0.15, 0.2) is 0 Å². The van der Waals surface area contributed by atoms with Gasteiger partial charge in [-0.3, -0.25) is 9.52 Å². The average Bonchev–Trinajstić information content (AvgIpc) is 2.93. The van der Waals surface area contributed by atoms with Gasteiger partial charge < -0.3 is 15.2 Å². The SMILES string of the molecule is COC[C@@H](Cc1ccc(O)cc1)NC(=O)c1cc(NS(=O)(=O)C(C)(C)C)c2cc(C#Cc3ccccn3)ccc2n1. The number of nitrogens with zero attached hydrogens (tertiary/aromatic N) is 2. The fraction of sp³-hybridized carbons (Fsp3) is 0.258. The number of hydrogen-bond acceptors (Lipinski definition) is 7. The molecule has 9 nitrogen and oxygen atoms in total. The smallest absolute Gasteiger partial charge is 0.270 e. The number of pyridine rings is 2. The molecule has 0 unspecified atom stereocenters. The summed E-state index contributed by atoms with van der Waals surface area (Å²) in [6, 6.07) is 18.4. The Kier molecular flexibility index (Phi) is 8.91. The van der Waals surface area contributed by atoms with Crippen molar-refractivity contribution in [3.8, 4) is 17.6 Å². The van der Waals surface area contributed by atoms with E-state index in [0.29, 0.717) is 28.6 Å². The number of anilines is 1. The van der Waals surface area contributed by atoms with Crippen molar-refractivity contribution >= 4 is 32.5 Å². The van der Waals surface area contributed by atoms with Gasteiger partial charge in [0.25, 0.3) is 5.91 Å². The van der Waals surface area contributed by atoms with Crippen LogP contribution in [0.15, 0.2) is 72.9 Å². The number of rotatable bonds is 8. The maximum Gasteiger partial charge on any atom is 0.270 e. The van der Waals surface area contributed by atoms with E-state index in [1.165, 1.54) is 13.2 Å². The first-order chi connectivity index (χ1) is 19.4. The van der Waals surface area contributed by atoms with Crippen LogP contribution in [0.2, 0.25) is 0 Å². The molecular formula is C31H32N4O5S. The number of aromatic hydroxyl groups is 1.